The first-order valence-electron chi connectivity index (χ1n) is 10.00. The van der Waals surface area contributed by atoms with Crippen molar-refractivity contribution in [3.8, 4) is 0 Å². The Morgan fingerprint density at radius 1 is 1.10 bits per heavy atom. The molecule has 0 saturated heterocycles. The van der Waals surface area contributed by atoms with Gasteiger partial charge in [0.25, 0.3) is 5.91 Å². The zero-order valence-electron chi connectivity index (χ0n) is 16.9. The molecule has 4 aromatic rings. The standard InChI is InChI=1S/C23H20N4O3S/c1-27-11-10-17-15(12-27)21(14-6-2-3-7-16(14)24-17)22(29)30-13-20(28)26-23-25-18-8-4-5-9-19(18)31-23/h2-9H,10-13H2,1H3,(H,25,26,28). The van der Waals surface area contributed by atoms with Crippen LogP contribution in [0.4, 0.5) is 5.13 Å². The van der Waals surface area contributed by atoms with Crippen molar-refractivity contribution in [1.82, 2.24) is 14.9 Å². The fraction of sp³-hybridized carbons (Fsp3) is 0.217. The molecule has 0 bridgehead atoms. The van der Waals surface area contributed by atoms with Gasteiger partial charge in [-0.25, -0.2) is 9.78 Å². The van der Waals surface area contributed by atoms with E-state index in [0.29, 0.717) is 17.2 Å². The van der Waals surface area contributed by atoms with Crippen molar-refractivity contribution in [2.45, 2.75) is 13.0 Å². The first-order chi connectivity index (χ1) is 15.1. The van der Waals surface area contributed by atoms with Crippen molar-refractivity contribution in [3.63, 3.8) is 0 Å². The summed E-state index contributed by atoms with van der Waals surface area (Å²) < 4.78 is 6.41. The predicted octanol–water partition coefficient (Wildman–Crippen LogP) is 3.63. The Labute approximate surface area is 182 Å². The van der Waals surface area contributed by atoms with E-state index in [2.05, 4.69) is 15.2 Å². The van der Waals surface area contributed by atoms with E-state index in [1.165, 1.54) is 11.3 Å². The molecule has 156 valence electrons. The molecule has 1 aliphatic rings. The number of para-hydroxylation sites is 2. The molecule has 2 aromatic carbocycles. The number of carbonyl (C=O) groups is 2. The number of nitrogens with zero attached hydrogens (tertiary/aromatic N) is 3. The van der Waals surface area contributed by atoms with Gasteiger partial charge in [0.05, 0.1) is 21.3 Å². The van der Waals surface area contributed by atoms with E-state index in [9.17, 15) is 9.59 Å². The highest BCUT2D eigenvalue weighted by Gasteiger charge is 2.25. The number of esters is 1. The van der Waals surface area contributed by atoms with E-state index >= 15 is 0 Å². The van der Waals surface area contributed by atoms with Gasteiger partial charge in [0.1, 0.15) is 0 Å². The lowest BCUT2D eigenvalue weighted by atomic mass is 9.96. The topological polar surface area (TPSA) is 84.4 Å². The monoisotopic (exact) mass is 432 g/mol. The van der Waals surface area contributed by atoms with E-state index in [1.807, 2.05) is 55.6 Å². The molecular formula is C23H20N4O3S. The summed E-state index contributed by atoms with van der Waals surface area (Å²) in [5.74, 6) is -0.929. The van der Waals surface area contributed by atoms with Crippen LogP contribution in [0.2, 0.25) is 0 Å². The molecule has 0 aliphatic carbocycles. The Kier molecular flexibility index (Phi) is 5.09. The van der Waals surface area contributed by atoms with E-state index in [4.69, 9.17) is 9.72 Å². The second-order valence-electron chi connectivity index (χ2n) is 7.53. The van der Waals surface area contributed by atoms with Crippen molar-refractivity contribution in [3.05, 3.63) is 65.4 Å². The highest BCUT2D eigenvalue weighted by molar-refractivity contribution is 7.22. The minimum absolute atomic E-state index is 0.379. The maximum absolute atomic E-state index is 13.1. The van der Waals surface area contributed by atoms with Crippen LogP contribution in [-0.2, 0) is 22.5 Å². The van der Waals surface area contributed by atoms with Gasteiger partial charge in [0, 0.05) is 36.2 Å². The molecule has 0 atom stereocenters. The Bertz CT molecular complexity index is 1280. The number of aromatic nitrogens is 2. The number of amides is 1. The van der Waals surface area contributed by atoms with Gasteiger partial charge in [-0.3, -0.25) is 15.1 Å². The van der Waals surface area contributed by atoms with Crippen molar-refractivity contribution in [2.24, 2.45) is 0 Å². The number of thiazole rings is 1. The summed E-state index contributed by atoms with van der Waals surface area (Å²) in [5.41, 5.74) is 3.88. The van der Waals surface area contributed by atoms with Gasteiger partial charge in [-0.15, -0.1) is 0 Å². The molecule has 5 rings (SSSR count). The SMILES string of the molecule is CN1CCc2nc3ccccc3c(C(=O)OCC(=O)Nc3nc4ccccc4s3)c2C1. The summed E-state index contributed by atoms with van der Waals surface area (Å²) in [4.78, 5) is 36.7. The van der Waals surface area contributed by atoms with E-state index < -0.39 is 11.9 Å². The summed E-state index contributed by atoms with van der Waals surface area (Å²) in [5, 5.41) is 3.94. The minimum atomic E-state index is -0.510. The molecule has 1 amide bonds. The molecule has 8 heteroatoms. The summed E-state index contributed by atoms with van der Waals surface area (Å²) in [6, 6.07) is 15.2. The second kappa shape index (κ2) is 8.05. The smallest absolute Gasteiger partial charge is 0.339 e. The average Bonchev–Trinajstić information content (AvgIpc) is 3.18. The van der Waals surface area contributed by atoms with E-state index in [0.717, 1.165) is 45.3 Å². The number of anilines is 1. The van der Waals surface area contributed by atoms with Gasteiger partial charge in [-0.1, -0.05) is 41.7 Å². The van der Waals surface area contributed by atoms with Crippen LogP contribution >= 0.6 is 11.3 Å². The minimum Gasteiger partial charge on any atom is -0.452 e. The molecule has 1 aliphatic heterocycles. The van der Waals surface area contributed by atoms with Gasteiger partial charge in [-0.05, 0) is 25.2 Å². The molecule has 0 spiro atoms. The normalized spacial score (nSPS) is 13.8. The second-order valence-corrected chi connectivity index (χ2v) is 8.56. The summed E-state index contributed by atoms with van der Waals surface area (Å²) >= 11 is 1.38. The van der Waals surface area contributed by atoms with Gasteiger partial charge in [-0.2, -0.15) is 0 Å². The van der Waals surface area contributed by atoms with E-state index in [1.54, 1.807) is 0 Å². The molecule has 1 N–H and O–H groups in total. The molecule has 2 aromatic heterocycles. The predicted molar refractivity (Wildman–Crippen MR) is 120 cm³/mol. The van der Waals surface area contributed by atoms with Crippen molar-refractivity contribution in [1.29, 1.82) is 0 Å². The third-order valence-electron chi connectivity index (χ3n) is 5.32. The van der Waals surface area contributed by atoms with Crippen molar-refractivity contribution >= 4 is 49.5 Å². The Morgan fingerprint density at radius 3 is 2.71 bits per heavy atom. The Morgan fingerprint density at radius 2 is 1.87 bits per heavy atom. The van der Waals surface area contributed by atoms with Gasteiger partial charge in [0.2, 0.25) is 0 Å². The van der Waals surface area contributed by atoms with Gasteiger partial charge >= 0.3 is 5.97 Å². The highest BCUT2D eigenvalue weighted by atomic mass is 32.1. The third kappa shape index (κ3) is 3.87. The lowest BCUT2D eigenvalue weighted by Gasteiger charge is -2.26. The van der Waals surface area contributed by atoms with Crippen LogP contribution in [-0.4, -0.2) is 46.9 Å². The van der Waals surface area contributed by atoms with E-state index in [-0.39, 0.29) is 6.61 Å². The number of benzene rings is 2. The number of pyridine rings is 1. The quantitative estimate of drug-likeness (QED) is 0.496. The number of hydrogen-bond acceptors (Lipinski definition) is 7. The Hall–Kier alpha value is -3.36. The summed E-state index contributed by atoms with van der Waals surface area (Å²) in [7, 11) is 2.01. The molecule has 0 fully saturated rings. The molecule has 3 heterocycles. The number of ether oxygens (including phenoxy) is 1. The largest absolute Gasteiger partial charge is 0.452 e. The third-order valence-corrected chi connectivity index (χ3v) is 6.27. The lowest BCUT2D eigenvalue weighted by Crippen LogP contribution is -2.30. The number of nitrogens with one attached hydrogen (secondary N) is 1. The molecule has 0 unspecified atom stereocenters. The van der Waals surface area contributed by atoms with Crippen LogP contribution in [0.1, 0.15) is 21.6 Å². The number of fused-ring (bicyclic) bond motifs is 3. The maximum Gasteiger partial charge on any atom is 0.339 e. The van der Waals surface area contributed by atoms with Crippen molar-refractivity contribution in [2.75, 3.05) is 25.5 Å². The zero-order valence-corrected chi connectivity index (χ0v) is 17.7. The van der Waals surface area contributed by atoms with Crippen LogP contribution in [0.3, 0.4) is 0 Å². The highest BCUT2D eigenvalue weighted by Crippen LogP contribution is 2.28. The average molecular weight is 433 g/mol. The van der Waals surface area contributed by atoms with Gasteiger partial charge < -0.3 is 9.64 Å². The summed E-state index contributed by atoms with van der Waals surface area (Å²) in [6.07, 6.45) is 0.773. The van der Waals surface area contributed by atoms with Crippen LogP contribution in [0, 0.1) is 0 Å². The molecular weight excluding hydrogens is 412 g/mol. The van der Waals surface area contributed by atoms with Crippen LogP contribution < -0.4 is 5.32 Å². The lowest BCUT2D eigenvalue weighted by molar-refractivity contribution is -0.119. The molecule has 7 nitrogen and oxygen atoms in total. The number of likely N-dealkylation sites (N-methyl/N-ethyl adjacent to an activating group) is 1. The van der Waals surface area contributed by atoms with Gasteiger partial charge in [0.15, 0.2) is 11.7 Å². The molecule has 31 heavy (non-hydrogen) atoms. The fourth-order valence-electron chi connectivity index (χ4n) is 3.84. The number of rotatable bonds is 4. The zero-order chi connectivity index (χ0) is 21.4. The van der Waals surface area contributed by atoms with Crippen LogP contribution in [0.25, 0.3) is 21.1 Å². The fourth-order valence-corrected chi connectivity index (χ4v) is 4.72. The number of carbonyl (C=O) groups excluding carboxylic acids is 2. The first kappa shape index (κ1) is 19.6. The molecule has 0 saturated carbocycles. The van der Waals surface area contributed by atoms with Crippen molar-refractivity contribution < 1.29 is 14.3 Å². The summed E-state index contributed by atoms with van der Waals surface area (Å²) in [6.45, 7) is 1.13. The first-order valence-corrected chi connectivity index (χ1v) is 10.8. The molecule has 0 radical (unpaired) electrons. The van der Waals surface area contributed by atoms with Crippen LogP contribution in [0.15, 0.2) is 48.5 Å². The van der Waals surface area contributed by atoms with Crippen LogP contribution in [0.5, 0.6) is 0 Å². The number of hydrogen-bond donors (Lipinski definition) is 1. The maximum atomic E-state index is 13.1. The Balaban J connectivity index is 1.36.